The number of nitrogens with zero attached hydrogens (tertiary/aromatic N) is 3. The van der Waals surface area contributed by atoms with Crippen molar-refractivity contribution in [2.45, 2.75) is 56.7 Å². The first-order valence-electron chi connectivity index (χ1n) is 7.11. The first-order valence-corrected chi connectivity index (χ1v) is 7.49. The van der Waals surface area contributed by atoms with Crippen LogP contribution in [0.4, 0.5) is 10.6 Å². The summed E-state index contributed by atoms with van der Waals surface area (Å²) >= 11 is 5.74. The van der Waals surface area contributed by atoms with E-state index < -0.39 is 6.09 Å². The van der Waals surface area contributed by atoms with Crippen molar-refractivity contribution in [3.05, 3.63) is 17.3 Å². The van der Waals surface area contributed by atoms with Gasteiger partial charge in [-0.25, -0.2) is 4.79 Å². The first-order chi connectivity index (χ1) is 9.82. The zero-order valence-electron chi connectivity index (χ0n) is 12.1. The minimum Gasteiger partial charge on any atom is -0.465 e. The molecular weight excluding hydrogens is 292 g/mol. The standard InChI is InChI=1S/C14H19ClN4O2/c1-13-5-6-14(2,19(13)12(20)21)8-9(7-13)16-11-4-3-10(15)17-18-11/h3-4,9H,5-8H2,1-2H3,(H,16,18)(H,20,21)/t9-,13+,14-. The molecule has 1 amide bonds. The van der Waals surface area contributed by atoms with Crippen LogP contribution in [0.25, 0.3) is 0 Å². The molecule has 2 aliphatic heterocycles. The van der Waals surface area contributed by atoms with E-state index in [4.69, 9.17) is 11.6 Å². The van der Waals surface area contributed by atoms with E-state index in [1.807, 2.05) is 13.8 Å². The fourth-order valence-electron chi connectivity index (χ4n) is 4.10. The highest BCUT2D eigenvalue weighted by Crippen LogP contribution is 2.50. The number of piperidine rings is 1. The summed E-state index contributed by atoms with van der Waals surface area (Å²) in [5.74, 6) is 0.680. The Morgan fingerprint density at radius 3 is 2.43 bits per heavy atom. The molecule has 21 heavy (non-hydrogen) atoms. The van der Waals surface area contributed by atoms with Crippen LogP contribution in [0, 0.1) is 0 Å². The molecule has 3 rings (SSSR count). The smallest absolute Gasteiger partial charge is 0.408 e. The Morgan fingerprint density at radius 2 is 1.95 bits per heavy atom. The van der Waals surface area contributed by atoms with Crippen molar-refractivity contribution in [1.29, 1.82) is 0 Å². The third kappa shape index (κ3) is 2.41. The number of anilines is 1. The number of carbonyl (C=O) groups is 1. The number of carboxylic acid groups (broad SMARTS) is 1. The van der Waals surface area contributed by atoms with Crippen LogP contribution in [0.2, 0.25) is 5.15 Å². The van der Waals surface area contributed by atoms with E-state index in [0.29, 0.717) is 11.0 Å². The zero-order valence-corrected chi connectivity index (χ0v) is 12.9. The molecule has 0 unspecified atom stereocenters. The Hall–Kier alpha value is -1.56. The Balaban J connectivity index is 1.80. The van der Waals surface area contributed by atoms with Crippen molar-refractivity contribution in [2.75, 3.05) is 5.32 Å². The molecule has 6 nitrogen and oxygen atoms in total. The molecule has 0 aliphatic carbocycles. The van der Waals surface area contributed by atoms with Gasteiger partial charge >= 0.3 is 6.09 Å². The highest BCUT2D eigenvalue weighted by atomic mass is 35.5. The maximum Gasteiger partial charge on any atom is 0.408 e. The van der Waals surface area contributed by atoms with Gasteiger partial charge in [0.2, 0.25) is 0 Å². The summed E-state index contributed by atoms with van der Waals surface area (Å²) in [7, 11) is 0. The second-order valence-corrected chi connectivity index (χ2v) is 6.99. The van der Waals surface area contributed by atoms with Crippen LogP contribution in [-0.2, 0) is 0 Å². The van der Waals surface area contributed by atoms with Crippen LogP contribution >= 0.6 is 11.6 Å². The van der Waals surface area contributed by atoms with E-state index in [1.54, 1.807) is 17.0 Å². The Morgan fingerprint density at radius 1 is 1.33 bits per heavy atom. The first kappa shape index (κ1) is 14.4. The van der Waals surface area contributed by atoms with Crippen molar-refractivity contribution < 1.29 is 9.90 Å². The van der Waals surface area contributed by atoms with Gasteiger partial charge in [0, 0.05) is 17.1 Å². The molecule has 0 aromatic carbocycles. The summed E-state index contributed by atoms with van der Waals surface area (Å²) in [5, 5.41) is 21.1. The summed E-state index contributed by atoms with van der Waals surface area (Å²) < 4.78 is 0. The number of rotatable bonds is 2. The van der Waals surface area contributed by atoms with Crippen LogP contribution < -0.4 is 5.32 Å². The van der Waals surface area contributed by atoms with Crippen LogP contribution in [0.3, 0.4) is 0 Å². The molecule has 1 aromatic heterocycles. The van der Waals surface area contributed by atoms with E-state index in [1.165, 1.54) is 0 Å². The largest absolute Gasteiger partial charge is 0.465 e. The van der Waals surface area contributed by atoms with E-state index in [-0.39, 0.29) is 17.1 Å². The van der Waals surface area contributed by atoms with E-state index >= 15 is 0 Å². The lowest BCUT2D eigenvalue weighted by atomic mass is 9.82. The Kier molecular flexibility index (Phi) is 3.24. The lowest BCUT2D eigenvalue weighted by Gasteiger charge is -2.49. The van der Waals surface area contributed by atoms with E-state index in [0.717, 1.165) is 25.7 Å². The molecule has 0 spiro atoms. The predicted octanol–water partition coefficient (Wildman–Crippen LogP) is 3.00. The Bertz CT molecular complexity index is 547. The minimum atomic E-state index is -0.817. The number of aromatic nitrogens is 2. The number of nitrogens with one attached hydrogen (secondary N) is 1. The minimum absolute atomic E-state index is 0.188. The SMILES string of the molecule is C[C@]12CC[C@](C)(C[C@H](Nc3ccc(Cl)nn3)C1)N2C(=O)O. The quantitative estimate of drug-likeness (QED) is 0.878. The lowest BCUT2D eigenvalue weighted by molar-refractivity contribution is 0.0167. The average molecular weight is 311 g/mol. The van der Waals surface area contributed by atoms with Gasteiger partial charge in [0.1, 0.15) is 5.82 Å². The lowest BCUT2D eigenvalue weighted by Crippen LogP contribution is -2.61. The Labute approximate surface area is 128 Å². The number of fused-ring (bicyclic) bond motifs is 2. The summed E-state index contributed by atoms with van der Waals surface area (Å²) in [6.45, 7) is 4.07. The van der Waals surface area contributed by atoms with Crippen molar-refractivity contribution in [2.24, 2.45) is 0 Å². The molecule has 114 valence electrons. The second-order valence-electron chi connectivity index (χ2n) is 6.60. The zero-order chi connectivity index (χ0) is 15.3. The number of hydrogen-bond donors (Lipinski definition) is 2. The molecule has 3 atom stereocenters. The van der Waals surface area contributed by atoms with Gasteiger partial charge in [-0.3, -0.25) is 4.90 Å². The van der Waals surface area contributed by atoms with Gasteiger partial charge in [0.15, 0.2) is 5.15 Å². The molecule has 2 aliphatic rings. The van der Waals surface area contributed by atoms with Crippen molar-refractivity contribution in [3.63, 3.8) is 0 Å². The van der Waals surface area contributed by atoms with Crippen molar-refractivity contribution in [3.8, 4) is 0 Å². The molecule has 0 saturated carbocycles. The highest BCUT2D eigenvalue weighted by molar-refractivity contribution is 6.29. The summed E-state index contributed by atoms with van der Waals surface area (Å²) in [6, 6.07) is 3.68. The van der Waals surface area contributed by atoms with E-state index in [9.17, 15) is 9.90 Å². The highest BCUT2D eigenvalue weighted by Gasteiger charge is 2.57. The maximum atomic E-state index is 11.6. The normalized spacial score (nSPS) is 34.8. The molecule has 2 fully saturated rings. The van der Waals surface area contributed by atoms with E-state index in [2.05, 4.69) is 15.5 Å². The molecule has 2 saturated heterocycles. The van der Waals surface area contributed by atoms with Gasteiger partial charge < -0.3 is 10.4 Å². The molecule has 7 heteroatoms. The molecular formula is C14H19ClN4O2. The van der Waals surface area contributed by atoms with Crippen LogP contribution in [0.1, 0.15) is 39.5 Å². The number of amides is 1. The third-order valence-electron chi connectivity index (χ3n) is 4.83. The fourth-order valence-corrected chi connectivity index (χ4v) is 4.20. The monoisotopic (exact) mass is 310 g/mol. The third-order valence-corrected chi connectivity index (χ3v) is 5.03. The van der Waals surface area contributed by atoms with Gasteiger partial charge in [0.05, 0.1) is 0 Å². The van der Waals surface area contributed by atoms with Crippen LogP contribution in [-0.4, -0.2) is 43.4 Å². The number of hydrogen-bond acceptors (Lipinski definition) is 4. The van der Waals surface area contributed by atoms with Gasteiger partial charge in [-0.05, 0) is 51.7 Å². The van der Waals surface area contributed by atoms with Crippen molar-refractivity contribution >= 4 is 23.5 Å². The predicted molar refractivity (Wildman–Crippen MR) is 79.6 cm³/mol. The fraction of sp³-hybridized carbons (Fsp3) is 0.643. The van der Waals surface area contributed by atoms with Gasteiger partial charge in [0.25, 0.3) is 0 Å². The second kappa shape index (κ2) is 4.73. The summed E-state index contributed by atoms with van der Waals surface area (Å²) in [6.07, 6.45) is 2.54. The van der Waals surface area contributed by atoms with Gasteiger partial charge in [-0.15, -0.1) is 10.2 Å². The molecule has 2 N–H and O–H groups in total. The van der Waals surface area contributed by atoms with Crippen molar-refractivity contribution in [1.82, 2.24) is 15.1 Å². The van der Waals surface area contributed by atoms with Crippen LogP contribution in [0.15, 0.2) is 12.1 Å². The number of halogens is 1. The van der Waals surface area contributed by atoms with Gasteiger partial charge in [-0.2, -0.15) is 0 Å². The maximum absolute atomic E-state index is 11.6. The molecule has 0 radical (unpaired) electrons. The molecule has 1 aromatic rings. The average Bonchev–Trinajstić information content (AvgIpc) is 2.56. The summed E-state index contributed by atoms with van der Waals surface area (Å²) in [5.41, 5.74) is -0.618. The molecule has 2 bridgehead atoms. The summed E-state index contributed by atoms with van der Waals surface area (Å²) in [4.78, 5) is 13.3. The van der Waals surface area contributed by atoms with Crippen LogP contribution in [0.5, 0.6) is 0 Å². The topological polar surface area (TPSA) is 78.4 Å². The van der Waals surface area contributed by atoms with Gasteiger partial charge in [-0.1, -0.05) is 11.6 Å². The molecule has 3 heterocycles.